The number of anilines is 2. The van der Waals surface area contributed by atoms with Gasteiger partial charge in [-0.3, -0.25) is 0 Å². The van der Waals surface area contributed by atoms with Crippen LogP contribution in [0.1, 0.15) is 11.3 Å². The molecule has 1 heterocycles. The van der Waals surface area contributed by atoms with Crippen LogP contribution in [0.2, 0.25) is 0 Å². The van der Waals surface area contributed by atoms with Crippen molar-refractivity contribution in [3.8, 4) is 11.1 Å². The van der Waals surface area contributed by atoms with Crippen LogP contribution in [0.4, 0.5) is 11.4 Å². The fourth-order valence-electron chi connectivity index (χ4n) is 7.48. The summed E-state index contributed by atoms with van der Waals surface area (Å²) in [5.41, 5.74) is 7.43. The summed E-state index contributed by atoms with van der Waals surface area (Å²) in [7, 11) is 0. The van der Waals surface area contributed by atoms with E-state index in [0.717, 1.165) is 39.4 Å². The van der Waals surface area contributed by atoms with Crippen molar-refractivity contribution in [2.45, 2.75) is 6.92 Å². The Balaban J connectivity index is 1.27. The summed E-state index contributed by atoms with van der Waals surface area (Å²) in [6.07, 6.45) is 3.98. The van der Waals surface area contributed by atoms with Crippen molar-refractivity contribution in [1.29, 1.82) is 0 Å². The van der Waals surface area contributed by atoms with Crippen LogP contribution in [0.3, 0.4) is 0 Å². The van der Waals surface area contributed by atoms with Crippen LogP contribution in [0.25, 0.3) is 70.9 Å². The van der Waals surface area contributed by atoms with Gasteiger partial charge in [0, 0.05) is 22.0 Å². The maximum absolute atomic E-state index is 6.35. The minimum atomic E-state index is 0.865. The van der Waals surface area contributed by atoms with Gasteiger partial charge in [-0.15, -0.1) is 0 Å². The maximum atomic E-state index is 6.35. The van der Waals surface area contributed by atoms with Crippen molar-refractivity contribution in [1.82, 2.24) is 0 Å². The Hall–Kier alpha value is -6.38. The summed E-state index contributed by atoms with van der Waals surface area (Å²) in [5, 5.41) is 10.9. The summed E-state index contributed by atoms with van der Waals surface area (Å²) in [5.74, 6) is 0.865. The Kier molecular flexibility index (Phi) is 6.88. The molecular weight excluding hydrogens is 595 g/mol. The first-order valence-corrected chi connectivity index (χ1v) is 16.7. The van der Waals surface area contributed by atoms with E-state index in [1.54, 1.807) is 0 Å². The molecule has 0 spiro atoms. The van der Waals surface area contributed by atoms with Crippen LogP contribution >= 0.6 is 0 Å². The van der Waals surface area contributed by atoms with Gasteiger partial charge in [0.25, 0.3) is 0 Å². The molecule has 0 aliphatic heterocycles. The average molecular weight is 628 g/mol. The number of furan rings is 1. The number of aryl methyl sites for hydroxylation is 1. The molecule has 0 aliphatic rings. The number of rotatable bonds is 6. The van der Waals surface area contributed by atoms with Crippen LogP contribution in [0.5, 0.6) is 0 Å². The number of hydrogen-bond donors (Lipinski definition) is 0. The Morgan fingerprint density at radius 2 is 1.10 bits per heavy atom. The number of nitrogens with zero attached hydrogens (tertiary/aromatic N) is 1. The van der Waals surface area contributed by atoms with E-state index >= 15 is 0 Å². The molecule has 2 heteroatoms. The van der Waals surface area contributed by atoms with Gasteiger partial charge in [0.2, 0.25) is 0 Å². The number of para-hydroxylation sites is 1. The number of benzene rings is 8. The number of hydrogen-bond acceptors (Lipinski definition) is 2. The van der Waals surface area contributed by atoms with Gasteiger partial charge in [-0.05, 0) is 92.2 Å². The first-order chi connectivity index (χ1) is 24.2. The van der Waals surface area contributed by atoms with Gasteiger partial charge in [0.1, 0.15) is 11.3 Å². The summed E-state index contributed by atoms with van der Waals surface area (Å²) in [4.78, 5) is 2.37. The van der Waals surface area contributed by atoms with Gasteiger partial charge >= 0.3 is 0 Å². The van der Waals surface area contributed by atoms with Crippen molar-refractivity contribution in [2.75, 3.05) is 4.90 Å². The Bertz CT molecular complexity index is 2750. The average Bonchev–Trinajstić information content (AvgIpc) is 3.50. The molecule has 0 N–H and O–H groups in total. The van der Waals surface area contributed by atoms with Crippen LogP contribution < -0.4 is 4.90 Å². The third kappa shape index (κ3) is 4.80. The molecule has 0 fully saturated rings. The molecule has 0 bridgehead atoms. The molecule has 232 valence electrons. The fourth-order valence-corrected chi connectivity index (χ4v) is 7.48. The molecule has 9 rings (SSSR count). The molecule has 2 nitrogen and oxygen atoms in total. The monoisotopic (exact) mass is 627 g/mol. The molecule has 0 unspecified atom stereocenters. The Morgan fingerprint density at radius 3 is 1.86 bits per heavy atom. The van der Waals surface area contributed by atoms with Crippen LogP contribution in [-0.2, 0) is 0 Å². The minimum absolute atomic E-state index is 0.865. The molecular formula is C47H33NO. The van der Waals surface area contributed by atoms with Crippen molar-refractivity contribution in [2.24, 2.45) is 0 Å². The highest BCUT2D eigenvalue weighted by Gasteiger charge is 2.24. The fraction of sp³-hybridized carbons (Fsp3) is 0.0213. The van der Waals surface area contributed by atoms with Crippen molar-refractivity contribution >= 4 is 71.1 Å². The molecule has 0 atom stereocenters. The lowest BCUT2D eigenvalue weighted by Gasteiger charge is -2.30. The van der Waals surface area contributed by atoms with Gasteiger partial charge in [0.05, 0.1) is 11.4 Å². The summed E-state index contributed by atoms with van der Waals surface area (Å²) >= 11 is 0. The predicted molar refractivity (Wildman–Crippen MR) is 210 cm³/mol. The molecule has 49 heavy (non-hydrogen) atoms. The van der Waals surface area contributed by atoms with Gasteiger partial charge < -0.3 is 9.32 Å². The second kappa shape index (κ2) is 11.7. The highest BCUT2D eigenvalue weighted by molar-refractivity contribution is 6.16. The zero-order chi connectivity index (χ0) is 32.9. The molecule has 0 amide bonds. The molecule has 0 saturated carbocycles. The maximum Gasteiger partial charge on any atom is 0.134 e. The molecule has 0 saturated heterocycles. The van der Waals surface area contributed by atoms with Crippen LogP contribution in [0.15, 0.2) is 181 Å². The first kappa shape index (κ1) is 28.8. The normalized spacial score (nSPS) is 12.0. The van der Waals surface area contributed by atoms with Gasteiger partial charge in [0.15, 0.2) is 0 Å². The SMILES string of the molecule is C=C/C=C(\c1c(C)oc2ccccc12)N(c1ccc(-c2ccc3ccc4ccccc4c3c2)cc1)c1cc2ccccc2c2ccccc12. The van der Waals surface area contributed by atoms with E-state index in [9.17, 15) is 0 Å². The molecule has 9 aromatic rings. The van der Waals surface area contributed by atoms with E-state index in [-0.39, 0.29) is 0 Å². The van der Waals surface area contributed by atoms with E-state index in [1.165, 1.54) is 54.2 Å². The van der Waals surface area contributed by atoms with E-state index in [4.69, 9.17) is 4.42 Å². The zero-order valence-electron chi connectivity index (χ0n) is 27.2. The quantitative estimate of drug-likeness (QED) is 0.135. The van der Waals surface area contributed by atoms with Crippen molar-refractivity contribution in [3.05, 3.63) is 188 Å². The molecule has 0 aliphatic carbocycles. The third-order valence-corrected chi connectivity index (χ3v) is 9.74. The summed E-state index contributed by atoms with van der Waals surface area (Å²) < 4.78 is 6.35. The van der Waals surface area contributed by atoms with E-state index in [1.807, 2.05) is 18.2 Å². The lowest BCUT2D eigenvalue weighted by atomic mass is 9.96. The number of allylic oxidation sites excluding steroid dienone is 2. The van der Waals surface area contributed by atoms with E-state index in [0.29, 0.717) is 0 Å². The summed E-state index contributed by atoms with van der Waals surface area (Å²) in [6, 6.07) is 56.7. The predicted octanol–water partition coefficient (Wildman–Crippen LogP) is 13.4. The second-order valence-electron chi connectivity index (χ2n) is 12.6. The molecule has 8 aromatic carbocycles. The highest BCUT2D eigenvalue weighted by Crippen LogP contribution is 2.45. The first-order valence-electron chi connectivity index (χ1n) is 16.7. The largest absolute Gasteiger partial charge is 0.461 e. The molecule has 1 aromatic heterocycles. The van der Waals surface area contributed by atoms with Crippen molar-refractivity contribution in [3.63, 3.8) is 0 Å². The van der Waals surface area contributed by atoms with E-state index in [2.05, 4.69) is 170 Å². The summed E-state index contributed by atoms with van der Waals surface area (Å²) in [6.45, 7) is 6.22. The Morgan fingerprint density at radius 1 is 0.531 bits per heavy atom. The van der Waals surface area contributed by atoms with Gasteiger partial charge in [-0.2, -0.15) is 0 Å². The van der Waals surface area contributed by atoms with Crippen LogP contribution in [-0.4, -0.2) is 0 Å². The minimum Gasteiger partial charge on any atom is -0.461 e. The standard InChI is InChI=1S/C47H33NO/c1-3-12-44(47-31(2)49-46-20-11-10-19-42(46)47)48(45-30-36-14-5-7-16-39(36)40-17-8-9-18-41(40)45)37-27-25-32(26-28-37)35-24-23-34-22-21-33-13-4-6-15-38(33)43(34)29-35/h3-30H,1H2,2H3/b44-12+. The van der Waals surface area contributed by atoms with Crippen LogP contribution in [0, 0.1) is 6.92 Å². The topological polar surface area (TPSA) is 16.4 Å². The highest BCUT2D eigenvalue weighted by atomic mass is 16.3. The number of fused-ring (bicyclic) bond motifs is 7. The van der Waals surface area contributed by atoms with Crippen molar-refractivity contribution < 1.29 is 4.42 Å². The van der Waals surface area contributed by atoms with E-state index < -0.39 is 0 Å². The third-order valence-electron chi connectivity index (χ3n) is 9.74. The second-order valence-corrected chi connectivity index (χ2v) is 12.6. The zero-order valence-corrected chi connectivity index (χ0v) is 27.2. The van der Waals surface area contributed by atoms with Gasteiger partial charge in [-0.25, -0.2) is 0 Å². The molecule has 0 radical (unpaired) electrons. The lowest BCUT2D eigenvalue weighted by molar-refractivity contribution is 0.577. The Labute approximate surface area is 285 Å². The smallest absolute Gasteiger partial charge is 0.134 e. The van der Waals surface area contributed by atoms with Gasteiger partial charge in [-0.1, -0.05) is 140 Å². The lowest BCUT2D eigenvalue weighted by Crippen LogP contribution is -2.16.